The van der Waals surface area contributed by atoms with E-state index in [1.165, 1.54) is 11.6 Å². The molecule has 1 aliphatic heterocycles. The topological polar surface area (TPSA) is 12.0 Å². The standard InChI is InChI=1S/C16H14Cl2FN/c17-13-5-2-4-12(7-13)16(9-20-10-16)8-11-3-1-6-14(19)15(11)18/h1-7,20H,8-10H2. The molecule has 0 spiro atoms. The molecule has 3 rings (SSSR count). The lowest BCUT2D eigenvalue weighted by atomic mass is 9.71. The third kappa shape index (κ3) is 2.44. The van der Waals surface area contributed by atoms with E-state index >= 15 is 0 Å². The second-order valence-electron chi connectivity index (χ2n) is 5.28. The van der Waals surface area contributed by atoms with E-state index in [2.05, 4.69) is 11.4 Å². The van der Waals surface area contributed by atoms with Crippen molar-refractivity contribution >= 4 is 23.2 Å². The zero-order valence-electron chi connectivity index (χ0n) is 10.8. The number of hydrogen-bond donors (Lipinski definition) is 1. The van der Waals surface area contributed by atoms with Crippen LogP contribution >= 0.6 is 23.2 Å². The predicted octanol–water partition coefficient (Wildman–Crippen LogP) is 4.22. The molecule has 0 atom stereocenters. The Morgan fingerprint density at radius 3 is 2.50 bits per heavy atom. The maximum Gasteiger partial charge on any atom is 0.142 e. The molecule has 0 radical (unpaired) electrons. The number of nitrogens with one attached hydrogen (secondary N) is 1. The summed E-state index contributed by atoms with van der Waals surface area (Å²) in [4.78, 5) is 0. The largest absolute Gasteiger partial charge is 0.315 e. The van der Waals surface area contributed by atoms with Crippen molar-refractivity contribution in [3.8, 4) is 0 Å². The molecule has 1 fully saturated rings. The minimum Gasteiger partial charge on any atom is -0.315 e. The van der Waals surface area contributed by atoms with Crippen molar-refractivity contribution in [1.29, 1.82) is 0 Å². The minimum atomic E-state index is -0.363. The Labute approximate surface area is 127 Å². The number of rotatable bonds is 3. The molecule has 1 nitrogen and oxygen atoms in total. The average Bonchev–Trinajstić information content (AvgIpc) is 2.38. The first-order valence-corrected chi connectivity index (χ1v) is 7.26. The van der Waals surface area contributed by atoms with Crippen LogP contribution in [0.5, 0.6) is 0 Å². The second kappa shape index (κ2) is 5.36. The van der Waals surface area contributed by atoms with Gasteiger partial charge in [-0.25, -0.2) is 4.39 Å². The highest BCUT2D eigenvalue weighted by atomic mass is 35.5. The first-order chi connectivity index (χ1) is 9.61. The molecule has 0 bridgehead atoms. The molecule has 20 heavy (non-hydrogen) atoms. The van der Waals surface area contributed by atoms with Gasteiger partial charge in [0.2, 0.25) is 0 Å². The molecule has 0 amide bonds. The molecule has 0 aromatic heterocycles. The van der Waals surface area contributed by atoms with Crippen molar-refractivity contribution in [3.63, 3.8) is 0 Å². The van der Waals surface area contributed by atoms with Crippen molar-refractivity contribution < 1.29 is 4.39 Å². The van der Waals surface area contributed by atoms with Crippen molar-refractivity contribution in [2.45, 2.75) is 11.8 Å². The van der Waals surface area contributed by atoms with Gasteiger partial charge in [-0.2, -0.15) is 0 Å². The highest BCUT2D eigenvalue weighted by molar-refractivity contribution is 6.31. The summed E-state index contributed by atoms with van der Waals surface area (Å²) in [5.74, 6) is -0.363. The Kier molecular flexibility index (Phi) is 3.72. The fourth-order valence-corrected chi connectivity index (χ4v) is 3.11. The quantitative estimate of drug-likeness (QED) is 0.895. The average molecular weight is 310 g/mol. The summed E-state index contributed by atoms with van der Waals surface area (Å²) in [6, 6.07) is 12.8. The van der Waals surface area contributed by atoms with Crippen LogP contribution < -0.4 is 5.32 Å². The minimum absolute atomic E-state index is 0.0532. The van der Waals surface area contributed by atoms with Crippen LogP contribution in [0, 0.1) is 5.82 Å². The maximum atomic E-state index is 13.6. The first kappa shape index (κ1) is 13.9. The van der Waals surface area contributed by atoms with Gasteiger partial charge in [0.05, 0.1) is 5.02 Å². The summed E-state index contributed by atoms with van der Waals surface area (Å²) >= 11 is 12.2. The zero-order chi connectivity index (χ0) is 14.2. The molecule has 4 heteroatoms. The molecule has 0 saturated carbocycles. The van der Waals surface area contributed by atoms with Crippen LogP contribution in [0.3, 0.4) is 0 Å². The highest BCUT2D eigenvalue weighted by Gasteiger charge is 2.39. The van der Waals surface area contributed by atoms with E-state index in [-0.39, 0.29) is 16.3 Å². The van der Waals surface area contributed by atoms with Crippen LogP contribution in [-0.2, 0) is 11.8 Å². The monoisotopic (exact) mass is 309 g/mol. The molecule has 0 unspecified atom stereocenters. The van der Waals surface area contributed by atoms with Gasteiger partial charge in [0.1, 0.15) is 5.82 Å². The number of benzene rings is 2. The molecular weight excluding hydrogens is 296 g/mol. The Morgan fingerprint density at radius 2 is 1.85 bits per heavy atom. The third-order valence-corrected chi connectivity index (χ3v) is 4.58. The van der Waals surface area contributed by atoms with Gasteiger partial charge in [-0.3, -0.25) is 0 Å². The van der Waals surface area contributed by atoms with Crippen LogP contribution in [0.1, 0.15) is 11.1 Å². The fraction of sp³-hybridized carbons (Fsp3) is 0.250. The lowest BCUT2D eigenvalue weighted by Gasteiger charge is -2.43. The summed E-state index contributed by atoms with van der Waals surface area (Å²) < 4.78 is 13.6. The van der Waals surface area contributed by atoms with Crippen LogP contribution in [0.4, 0.5) is 4.39 Å². The van der Waals surface area contributed by atoms with E-state index in [4.69, 9.17) is 23.2 Å². The molecular formula is C16H14Cl2FN. The Bertz CT molecular complexity index is 638. The molecule has 1 saturated heterocycles. The molecule has 1 N–H and O–H groups in total. The van der Waals surface area contributed by atoms with Gasteiger partial charge < -0.3 is 5.32 Å². The lowest BCUT2D eigenvalue weighted by Crippen LogP contribution is -2.58. The normalized spacial score (nSPS) is 16.8. The molecule has 1 heterocycles. The van der Waals surface area contributed by atoms with Crippen molar-refractivity contribution in [1.82, 2.24) is 5.32 Å². The third-order valence-electron chi connectivity index (χ3n) is 3.92. The SMILES string of the molecule is Fc1cccc(CC2(c3cccc(Cl)c3)CNC2)c1Cl. The van der Waals surface area contributed by atoms with Crippen molar-refractivity contribution in [3.05, 3.63) is 69.5 Å². The van der Waals surface area contributed by atoms with Crippen molar-refractivity contribution in [2.75, 3.05) is 13.1 Å². The van der Waals surface area contributed by atoms with Crippen molar-refractivity contribution in [2.24, 2.45) is 0 Å². The van der Waals surface area contributed by atoms with E-state index < -0.39 is 0 Å². The molecule has 2 aromatic rings. The summed E-state index contributed by atoms with van der Waals surface area (Å²) in [7, 11) is 0. The molecule has 104 valence electrons. The first-order valence-electron chi connectivity index (χ1n) is 6.50. The van der Waals surface area contributed by atoms with Gasteiger partial charge in [-0.05, 0) is 35.7 Å². The Balaban J connectivity index is 1.96. The van der Waals surface area contributed by atoms with E-state index in [9.17, 15) is 4.39 Å². The summed E-state index contributed by atoms with van der Waals surface area (Å²) in [6.07, 6.45) is 0.705. The van der Waals surface area contributed by atoms with E-state index in [1.807, 2.05) is 24.3 Å². The smallest absolute Gasteiger partial charge is 0.142 e. The summed E-state index contributed by atoms with van der Waals surface area (Å²) in [5, 5.41) is 4.24. The van der Waals surface area contributed by atoms with E-state index in [0.29, 0.717) is 6.42 Å². The number of hydrogen-bond acceptors (Lipinski definition) is 1. The lowest BCUT2D eigenvalue weighted by molar-refractivity contribution is 0.274. The van der Waals surface area contributed by atoms with Gasteiger partial charge in [0.25, 0.3) is 0 Å². The highest BCUT2D eigenvalue weighted by Crippen LogP contribution is 2.36. The maximum absolute atomic E-state index is 13.6. The van der Waals surface area contributed by atoms with Crippen LogP contribution in [0.15, 0.2) is 42.5 Å². The summed E-state index contributed by atoms with van der Waals surface area (Å²) in [5.41, 5.74) is 1.96. The van der Waals surface area contributed by atoms with Crippen LogP contribution in [-0.4, -0.2) is 13.1 Å². The van der Waals surface area contributed by atoms with Gasteiger partial charge in [-0.1, -0.05) is 47.5 Å². The zero-order valence-corrected chi connectivity index (χ0v) is 12.3. The Morgan fingerprint density at radius 1 is 1.10 bits per heavy atom. The number of halogens is 3. The van der Waals surface area contributed by atoms with Gasteiger partial charge >= 0.3 is 0 Å². The molecule has 1 aliphatic rings. The molecule has 0 aliphatic carbocycles. The summed E-state index contributed by atoms with van der Waals surface area (Å²) in [6.45, 7) is 1.69. The molecule has 2 aromatic carbocycles. The van der Waals surface area contributed by atoms with E-state index in [1.54, 1.807) is 6.07 Å². The Hall–Kier alpha value is -1.09. The van der Waals surface area contributed by atoms with Crippen LogP contribution in [0.25, 0.3) is 0 Å². The van der Waals surface area contributed by atoms with Gasteiger partial charge in [0, 0.05) is 23.5 Å². The fourth-order valence-electron chi connectivity index (χ4n) is 2.73. The van der Waals surface area contributed by atoms with Gasteiger partial charge in [-0.15, -0.1) is 0 Å². The van der Waals surface area contributed by atoms with Gasteiger partial charge in [0.15, 0.2) is 0 Å². The van der Waals surface area contributed by atoms with Crippen LogP contribution in [0.2, 0.25) is 10.0 Å². The van der Waals surface area contributed by atoms with E-state index in [0.717, 1.165) is 23.7 Å². The predicted molar refractivity (Wildman–Crippen MR) is 81.1 cm³/mol. The second-order valence-corrected chi connectivity index (χ2v) is 6.10.